The number of rotatable bonds is 7. The maximum absolute atomic E-state index is 11.8. The van der Waals surface area contributed by atoms with Crippen LogP contribution in [0, 0.1) is 0 Å². The van der Waals surface area contributed by atoms with E-state index in [0.29, 0.717) is 19.5 Å². The molecule has 0 atom stereocenters. The van der Waals surface area contributed by atoms with E-state index in [2.05, 4.69) is 16.0 Å². The topological polar surface area (TPSA) is 96.5 Å². The average Bonchev–Trinajstić information content (AvgIpc) is 2.52. The van der Waals surface area contributed by atoms with E-state index in [1.54, 1.807) is 26.8 Å². The summed E-state index contributed by atoms with van der Waals surface area (Å²) < 4.78 is 5.04. The lowest BCUT2D eigenvalue weighted by Gasteiger charge is -2.19. The molecule has 1 aliphatic carbocycles. The molecular formula is C18H31N3O4. The van der Waals surface area contributed by atoms with Crippen LogP contribution in [0.1, 0.15) is 59.3 Å². The van der Waals surface area contributed by atoms with E-state index in [4.69, 9.17) is 4.74 Å². The summed E-state index contributed by atoms with van der Waals surface area (Å²) in [6, 6.07) is 0. The highest BCUT2D eigenvalue weighted by Crippen LogP contribution is 2.22. The van der Waals surface area contributed by atoms with E-state index in [0.717, 1.165) is 12.8 Å². The Labute approximate surface area is 149 Å². The van der Waals surface area contributed by atoms with Crippen molar-refractivity contribution in [3.05, 3.63) is 11.6 Å². The Morgan fingerprint density at radius 3 is 2.28 bits per heavy atom. The van der Waals surface area contributed by atoms with Crippen LogP contribution in [0.2, 0.25) is 0 Å². The van der Waals surface area contributed by atoms with Gasteiger partial charge in [-0.3, -0.25) is 9.59 Å². The minimum Gasteiger partial charge on any atom is -0.444 e. The Hall–Kier alpha value is -2.05. The summed E-state index contributed by atoms with van der Waals surface area (Å²) in [5.41, 5.74) is 0.636. The Kier molecular flexibility index (Phi) is 9.02. The van der Waals surface area contributed by atoms with Gasteiger partial charge in [0.25, 0.3) is 0 Å². The maximum atomic E-state index is 11.8. The summed E-state index contributed by atoms with van der Waals surface area (Å²) >= 11 is 0. The molecule has 1 rings (SSSR count). The molecule has 1 aliphatic rings. The highest BCUT2D eigenvalue weighted by molar-refractivity contribution is 5.88. The van der Waals surface area contributed by atoms with Gasteiger partial charge in [0.05, 0.1) is 6.54 Å². The first kappa shape index (κ1) is 21.0. The minimum atomic E-state index is -0.620. The van der Waals surface area contributed by atoms with Gasteiger partial charge in [0, 0.05) is 19.2 Å². The average molecular weight is 353 g/mol. The van der Waals surface area contributed by atoms with Gasteiger partial charge in [0.2, 0.25) is 11.8 Å². The lowest BCUT2D eigenvalue weighted by atomic mass is 9.95. The predicted molar refractivity (Wildman–Crippen MR) is 96.0 cm³/mol. The molecule has 0 aromatic rings. The number of carbonyl (C=O) groups excluding carboxylic acids is 3. The molecule has 3 amide bonds. The highest BCUT2D eigenvalue weighted by Gasteiger charge is 2.16. The fourth-order valence-corrected chi connectivity index (χ4v) is 2.44. The second-order valence-electron chi connectivity index (χ2n) is 7.21. The summed E-state index contributed by atoms with van der Waals surface area (Å²) in [4.78, 5) is 34.8. The van der Waals surface area contributed by atoms with Gasteiger partial charge < -0.3 is 20.7 Å². The molecule has 7 heteroatoms. The summed E-state index contributed by atoms with van der Waals surface area (Å²) in [7, 11) is 0. The summed E-state index contributed by atoms with van der Waals surface area (Å²) in [5.74, 6) is -0.351. The van der Waals surface area contributed by atoms with E-state index in [9.17, 15) is 14.4 Å². The molecule has 0 spiro atoms. The third-order valence-electron chi connectivity index (χ3n) is 3.60. The normalized spacial score (nSPS) is 14.4. The van der Waals surface area contributed by atoms with E-state index in [1.807, 2.05) is 0 Å². The predicted octanol–water partition coefficient (Wildman–Crippen LogP) is 2.02. The first-order valence-electron chi connectivity index (χ1n) is 8.97. The van der Waals surface area contributed by atoms with Crippen LogP contribution < -0.4 is 16.0 Å². The molecule has 0 unspecified atom stereocenters. The lowest BCUT2D eigenvalue weighted by molar-refractivity contribution is -0.120. The van der Waals surface area contributed by atoms with E-state index in [1.165, 1.54) is 24.8 Å². The van der Waals surface area contributed by atoms with Crippen molar-refractivity contribution in [2.75, 3.05) is 19.6 Å². The highest BCUT2D eigenvalue weighted by atomic mass is 16.6. The molecular weight excluding hydrogens is 322 g/mol. The molecule has 0 aliphatic heterocycles. The largest absolute Gasteiger partial charge is 0.444 e. The lowest BCUT2D eigenvalue weighted by Crippen LogP contribution is -2.40. The number of allylic oxidation sites excluding steroid dienone is 1. The summed E-state index contributed by atoms with van der Waals surface area (Å²) in [5, 5.41) is 7.90. The zero-order chi connectivity index (χ0) is 18.7. The summed E-state index contributed by atoms with van der Waals surface area (Å²) in [6.45, 7) is 6.07. The van der Waals surface area contributed by atoms with Gasteiger partial charge in [-0.15, -0.1) is 0 Å². The van der Waals surface area contributed by atoms with Gasteiger partial charge in [-0.1, -0.05) is 12.0 Å². The van der Waals surface area contributed by atoms with Crippen LogP contribution in [0.3, 0.4) is 0 Å². The van der Waals surface area contributed by atoms with E-state index >= 15 is 0 Å². The van der Waals surface area contributed by atoms with E-state index < -0.39 is 11.7 Å². The van der Waals surface area contributed by atoms with Gasteiger partial charge in [-0.2, -0.15) is 0 Å². The van der Waals surface area contributed by atoms with Crippen molar-refractivity contribution in [2.24, 2.45) is 0 Å². The summed E-state index contributed by atoms with van der Waals surface area (Å²) in [6.07, 6.45) is 7.36. The molecule has 1 fully saturated rings. The van der Waals surface area contributed by atoms with Crippen molar-refractivity contribution in [2.45, 2.75) is 64.9 Å². The van der Waals surface area contributed by atoms with Crippen molar-refractivity contribution in [1.82, 2.24) is 16.0 Å². The van der Waals surface area contributed by atoms with Crippen LogP contribution in [0.4, 0.5) is 4.79 Å². The van der Waals surface area contributed by atoms with Gasteiger partial charge in [0.15, 0.2) is 0 Å². The standard InChI is InChI=1S/C18H31N3O4/c1-18(2,3)25-17(24)21-13-16(23)20-11-7-10-19-15(22)12-14-8-5-4-6-9-14/h12H,4-11,13H2,1-3H3,(H,19,22)(H,20,23)(H,21,24). The third kappa shape index (κ3) is 11.2. The molecule has 0 radical (unpaired) electrons. The zero-order valence-corrected chi connectivity index (χ0v) is 15.6. The smallest absolute Gasteiger partial charge is 0.408 e. The molecule has 0 aromatic carbocycles. The van der Waals surface area contributed by atoms with Crippen molar-refractivity contribution in [3.63, 3.8) is 0 Å². The van der Waals surface area contributed by atoms with Crippen LogP contribution >= 0.6 is 0 Å². The number of alkyl carbamates (subject to hydrolysis) is 1. The van der Waals surface area contributed by atoms with Gasteiger partial charge >= 0.3 is 6.09 Å². The minimum absolute atomic E-state index is 0.0604. The molecule has 0 saturated heterocycles. The van der Waals surface area contributed by atoms with Crippen molar-refractivity contribution in [1.29, 1.82) is 0 Å². The van der Waals surface area contributed by atoms with Crippen molar-refractivity contribution < 1.29 is 19.1 Å². The Morgan fingerprint density at radius 1 is 1.00 bits per heavy atom. The monoisotopic (exact) mass is 353 g/mol. The molecule has 3 N–H and O–H groups in total. The number of amides is 3. The molecule has 0 aromatic heterocycles. The molecule has 25 heavy (non-hydrogen) atoms. The quantitative estimate of drug-likeness (QED) is 0.482. The Balaban J connectivity index is 2.06. The number of carbonyl (C=O) groups is 3. The first-order chi connectivity index (χ1) is 11.8. The molecule has 7 nitrogen and oxygen atoms in total. The number of nitrogens with one attached hydrogen (secondary N) is 3. The van der Waals surface area contributed by atoms with Crippen LogP contribution in [0.25, 0.3) is 0 Å². The van der Waals surface area contributed by atoms with Crippen LogP contribution in [-0.4, -0.2) is 43.1 Å². The Morgan fingerprint density at radius 2 is 1.64 bits per heavy atom. The fourth-order valence-electron chi connectivity index (χ4n) is 2.44. The van der Waals surface area contributed by atoms with Crippen LogP contribution in [0.15, 0.2) is 11.6 Å². The SMILES string of the molecule is CC(C)(C)OC(=O)NCC(=O)NCCCNC(=O)C=C1CCCCC1. The zero-order valence-electron chi connectivity index (χ0n) is 15.6. The van der Waals surface area contributed by atoms with Gasteiger partial charge in [-0.05, 0) is 52.9 Å². The molecule has 0 heterocycles. The first-order valence-corrected chi connectivity index (χ1v) is 8.97. The van der Waals surface area contributed by atoms with Crippen LogP contribution in [-0.2, 0) is 14.3 Å². The van der Waals surface area contributed by atoms with Gasteiger partial charge in [0.1, 0.15) is 5.60 Å². The number of hydrogen-bond acceptors (Lipinski definition) is 4. The third-order valence-corrected chi connectivity index (χ3v) is 3.60. The number of ether oxygens (including phenoxy) is 1. The van der Waals surface area contributed by atoms with Crippen molar-refractivity contribution >= 4 is 17.9 Å². The Bertz CT molecular complexity index is 487. The second-order valence-corrected chi connectivity index (χ2v) is 7.21. The molecule has 0 bridgehead atoms. The van der Waals surface area contributed by atoms with E-state index in [-0.39, 0.29) is 18.4 Å². The second kappa shape index (κ2) is 10.7. The van der Waals surface area contributed by atoms with Gasteiger partial charge in [-0.25, -0.2) is 4.79 Å². The maximum Gasteiger partial charge on any atom is 0.408 e. The fraction of sp³-hybridized carbons (Fsp3) is 0.722. The number of hydrogen-bond donors (Lipinski definition) is 3. The molecule has 1 saturated carbocycles. The van der Waals surface area contributed by atoms with Crippen molar-refractivity contribution in [3.8, 4) is 0 Å². The van der Waals surface area contributed by atoms with Crippen LogP contribution in [0.5, 0.6) is 0 Å². The molecule has 142 valence electrons.